The van der Waals surface area contributed by atoms with Crippen LogP contribution in [-0.4, -0.2) is 65.9 Å². The molecule has 0 unspecified atom stereocenters. The van der Waals surface area contributed by atoms with Crippen LogP contribution in [0.25, 0.3) is 22.2 Å². The molecule has 4 aromatic rings. The van der Waals surface area contributed by atoms with E-state index >= 15 is 4.39 Å². The Balaban J connectivity index is 1.37. The van der Waals surface area contributed by atoms with Crippen LogP contribution in [0.2, 0.25) is 0 Å². The SMILES string of the molecule is C=CC(=O)N1CC[C@@H](N2CCn3c(c(-c4ccc(Oc5nccc(C)n5)c(F)c4)c4c(N)ncnc43)C2)C1. The molecule has 0 aliphatic carbocycles. The van der Waals surface area contributed by atoms with Crippen LogP contribution in [0.1, 0.15) is 17.8 Å². The first-order chi connectivity index (χ1) is 18.4. The van der Waals surface area contributed by atoms with Gasteiger partial charge in [0.25, 0.3) is 0 Å². The third-order valence-corrected chi connectivity index (χ3v) is 7.30. The highest BCUT2D eigenvalue weighted by Crippen LogP contribution is 2.40. The topological polar surface area (TPSA) is 115 Å². The molecule has 0 bridgehead atoms. The lowest BCUT2D eigenvalue weighted by Crippen LogP contribution is -2.43. The highest BCUT2D eigenvalue weighted by Gasteiger charge is 2.34. The molecule has 3 aromatic heterocycles. The number of fused-ring (bicyclic) bond motifs is 3. The summed E-state index contributed by atoms with van der Waals surface area (Å²) in [5.41, 5.74) is 10.2. The molecule has 6 rings (SSSR count). The van der Waals surface area contributed by atoms with E-state index in [1.807, 2.05) is 11.8 Å². The van der Waals surface area contributed by atoms with Gasteiger partial charge in [-0.25, -0.2) is 24.3 Å². The molecule has 0 spiro atoms. The summed E-state index contributed by atoms with van der Waals surface area (Å²) in [6.45, 7) is 8.90. The Morgan fingerprint density at radius 2 is 2.08 bits per heavy atom. The summed E-state index contributed by atoms with van der Waals surface area (Å²) < 4.78 is 23.1. The molecule has 2 aliphatic rings. The number of amides is 1. The fraction of sp³-hybridized carbons (Fsp3) is 0.296. The van der Waals surface area contributed by atoms with E-state index in [1.165, 1.54) is 18.5 Å². The van der Waals surface area contributed by atoms with E-state index in [-0.39, 0.29) is 23.7 Å². The minimum Gasteiger partial charge on any atom is -0.421 e. The average Bonchev–Trinajstić information content (AvgIpc) is 3.53. The number of likely N-dealkylation sites (tertiary alicyclic amines) is 1. The number of nitrogens with zero attached hydrogens (tertiary/aromatic N) is 7. The number of nitrogen functional groups attached to an aromatic ring is 1. The van der Waals surface area contributed by atoms with Crippen LogP contribution in [0.15, 0.2) is 49.4 Å². The van der Waals surface area contributed by atoms with Gasteiger partial charge in [0.1, 0.15) is 17.8 Å². The minimum atomic E-state index is -0.543. The van der Waals surface area contributed by atoms with Gasteiger partial charge in [-0.05, 0) is 43.2 Å². The van der Waals surface area contributed by atoms with Crippen molar-refractivity contribution in [1.82, 2.24) is 34.3 Å². The second kappa shape index (κ2) is 9.49. The first-order valence-corrected chi connectivity index (χ1v) is 12.5. The minimum absolute atomic E-state index is 0.0283. The van der Waals surface area contributed by atoms with Gasteiger partial charge >= 0.3 is 6.01 Å². The van der Waals surface area contributed by atoms with Crippen molar-refractivity contribution >= 4 is 22.8 Å². The fourth-order valence-electron chi connectivity index (χ4n) is 5.45. The van der Waals surface area contributed by atoms with E-state index < -0.39 is 5.82 Å². The first-order valence-electron chi connectivity index (χ1n) is 12.5. The Morgan fingerprint density at radius 1 is 1.21 bits per heavy atom. The predicted octanol–water partition coefficient (Wildman–Crippen LogP) is 3.31. The van der Waals surface area contributed by atoms with Crippen LogP contribution < -0.4 is 10.5 Å². The third kappa shape index (κ3) is 4.14. The molecule has 1 saturated heterocycles. The number of aromatic nitrogens is 5. The van der Waals surface area contributed by atoms with Gasteiger partial charge in [-0.1, -0.05) is 12.6 Å². The van der Waals surface area contributed by atoms with Gasteiger partial charge < -0.3 is 19.9 Å². The van der Waals surface area contributed by atoms with Crippen LogP contribution in [0, 0.1) is 12.7 Å². The summed E-state index contributed by atoms with van der Waals surface area (Å²) in [4.78, 5) is 33.3. The van der Waals surface area contributed by atoms with Crippen LogP contribution in [0.5, 0.6) is 11.8 Å². The molecule has 1 atom stereocenters. The maximum Gasteiger partial charge on any atom is 0.322 e. The lowest BCUT2D eigenvalue weighted by molar-refractivity contribution is -0.125. The van der Waals surface area contributed by atoms with E-state index in [0.29, 0.717) is 42.9 Å². The predicted molar refractivity (Wildman–Crippen MR) is 140 cm³/mol. The van der Waals surface area contributed by atoms with Gasteiger partial charge in [0, 0.05) is 61.9 Å². The van der Waals surface area contributed by atoms with Gasteiger partial charge in [-0.3, -0.25) is 9.69 Å². The third-order valence-electron chi connectivity index (χ3n) is 7.30. The number of hydrogen-bond acceptors (Lipinski definition) is 8. The molecular formula is C27H27FN8O2. The summed E-state index contributed by atoms with van der Waals surface area (Å²) in [5, 5.41) is 0.703. The molecule has 0 saturated carbocycles. The molecule has 1 aromatic carbocycles. The van der Waals surface area contributed by atoms with Crippen molar-refractivity contribution in [2.45, 2.75) is 32.5 Å². The van der Waals surface area contributed by atoms with Crippen molar-refractivity contribution in [3.63, 3.8) is 0 Å². The Kier molecular flexibility index (Phi) is 5.99. The Hall–Kier alpha value is -4.38. The number of ether oxygens (including phenoxy) is 1. The van der Waals surface area contributed by atoms with E-state index in [2.05, 4.69) is 36.0 Å². The van der Waals surface area contributed by atoms with Crippen LogP contribution in [-0.2, 0) is 17.9 Å². The van der Waals surface area contributed by atoms with Crippen LogP contribution >= 0.6 is 0 Å². The zero-order valence-corrected chi connectivity index (χ0v) is 21.0. The molecule has 1 fully saturated rings. The van der Waals surface area contributed by atoms with Gasteiger partial charge in [0.05, 0.1) is 5.39 Å². The molecule has 5 heterocycles. The molecule has 0 radical (unpaired) electrons. The fourth-order valence-corrected chi connectivity index (χ4v) is 5.45. The van der Waals surface area contributed by atoms with Crippen LogP contribution in [0.4, 0.5) is 10.2 Å². The smallest absolute Gasteiger partial charge is 0.322 e. The Labute approximate surface area is 218 Å². The highest BCUT2D eigenvalue weighted by molar-refractivity contribution is 6.02. The largest absolute Gasteiger partial charge is 0.421 e. The van der Waals surface area contributed by atoms with Gasteiger partial charge in [0.15, 0.2) is 11.6 Å². The summed E-state index contributed by atoms with van der Waals surface area (Å²) >= 11 is 0. The number of carbonyl (C=O) groups is 1. The van der Waals surface area contributed by atoms with Crippen molar-refractivity contribution in [3.05, 3.63) is 66.6 Å². The Morgan fingerprint density at radius 3 is 2.87 bits per heavy atom. The molecule has 1 amide bonds. The zero-order valence-electron chi connectivity index (χ0n) is 21.0. The molecule has 2 aliphatic heterocycles. The van der Waals surface area contributed by atoms with Crippen LogP contribution in [0.3, 0.4) is 0 Å². The maximum atomic E-state index is 15.3. The van der Waals surface area contributed by atoms with Crippen molar-refractivity contribution in [2.24, 2.45) is 0 Å². The lowest BCUT2D eigenvalue weighted by atomic mass is 10.0. The average molecular weight is 515 g/mol. The second-order valence-electron chi connectivity index (χ2n) is 9.56. The summed E-state index contributed by atoms with van der Waals surface area (Å²) in [6.07, 6.45) is 5.27. The second-order valence-corrected chi connectivity index (χ2v) is 9.56. The quantitative estimate of drug-likeness (QED) is 0.404. The summed E-state index contributed by atoms with van der Waals surface area (Å²) in [5.74, 6) is -0.217. The van der Waals surface area contributed by atoms with E-state index in [0.717, 1.165) is 35.6 Å². The monoisotopic (exact) mass is 514 g/mol. The maximum absolute atomic E-state index is 15.3. The molecule has 38 heavy (non-hydrogen) atoms. The van der Waals surface area contributed by atoms with Crippen molar-refractivity contribution in [3.8, 4) is 22.9 Å². The first kappa shape index (κ1) is 24.0. The van der Waals surface area contributed by atoms with E-state index in [9.17, 15) is 4.79 Å². The van der Waals surface area contributed by atoms with E-state index in [1.54, 1.807) is 24.4 Å². The number of hydrogen-bond donors (Lipinski definition) is 1. The molecule has 11 heteroatoms. The molecular weight excluding hydrogens is 487 g/mol. The number of aryl methyl sites for hydroxylation is 1. The highest BCUT2D eigenvalue weighted by atomic mass is 19.1. The molecule has 2 N–H and O–H groups in total. The van der Waals surface area contributed by atoms with E-state index in [4.69, 9.17) is 10.5 Å². The lowest BCUT2D eigenvalue weighted by Gasteiger charge is -2.34. The number of halogens is 1. The number of carbonyl (C=O) groups excluding carboxylic acids is 1. The number of benzene rings is 1. The standard InChI is InChI=1S/C27H27FN8O2/c1-3-22(37)35-9-7-18(13-35)34-10-11-36-20(14-34)23(24-25(29)31-15-32-26(24)36)17-4-5-21(19(28)12-17)38-27-30-8-6-16(2)33-27/h3-6,8,12,15,18H,1,7,9-11,13-14H2,2H3,(H2,29,31,32)/t18-/m1/s1. The van der Waals surface area contributed by atoms with Crippen molar-refractivity contribution < 1.29 is 13.9 Å². The summed E-state index contributed by atoms with van der Waals surface area (Å²) in [7, 11) is 0. The normalized spacial score (nSPS) is 17.5. The van der Waals surface area contributed by atoms with Gasteiger partial charge in [0.2, 0.25) is 5.91 Å². The number of nitrogens with two attached hydrogens (primary N) is 1. The zero-order chi connectivity index (χ0) is 26.4. The van der Waals surface area contributed by atoms with Crippen molar-refractivity contribution in [2.75, 3.05) is 25.4 Å². The Bertz CT molecular complexity index is 1570. The number of anilines is 1. The number of rotatable bonds is 5. The summed E-state index contributed by atoms with van der Waals surface area (Å²) in [6, 6.07) is 6.86. The van der Waals surface area contributed by atoms with Gasteiger partial charge in [-0.2, -0.15) is 0 Å². The van der Waals surface area contributed by atoms with Gasteiger partial charge in [-0.15, -0.1) is 0 Å². The molecule has 194 valence electrons. The molecule has 10 nitrogen and oxygen atoms in total. The van der Waals surface area contributed by atoms with Crippen molar-refractivity contribution in [1.29, 1.82) is 0 Å².